The van der Waals surface area contributed by atoms with Crippen molar-refractivity contribution >= 4 is 37.1 Å². The van der Waals surface area contributed by atoms with Crippen LogP contribution in [0.1, 0.15) is 16.8 Å². The molecular formula is C10H10Cl2O4S. The second kappa shape index (κ2) is 5.71. The first kappa shape index (κ1) is 14.3. The van der Waals surface area contributed by atoms with Crippen molar-refractivity contribution in [3.63, 3.8) is 0 Å². The number of rotatable bonds is 5. The molecule has 0 fully saturated rings. The topological polar surface area (TPSA) is 60.4 Å². The number of halogens is 2. The Bertz CT molecular complexity index is 525. The highest BCUT2D eigenvalue weighted by atomic mass is 35.7. The van der Waals surface area contributed by atoms with Gasteiger partial charge < -0.3 is 4.74 Å². The first-order chi connectivity index (χ1) is 7.83. The fourth-order valence-corrected chi connectivity index (χ4v) is 2.08. The number of carbonyl (C=O) groups excluding carboxylic acids is 1. The number of Topliss-reactive ketones (excluding diaryl/α,β-unsaturated/α-hetero) is 1. The van der Waals surface area contributed by atoms with E-state index in [1.165, 1.54) is 13.2 Å². The third kappa shape index (κ3) is 4.53. The average molecular weight is 297 g/mol. The van der Waals surface area contributed by atoms with E-state index in [2.05, 4.69) is 0 Å². The Balaban J connectivity index is 2.92. The van der Waals surface area contributed by atoms with Gasteiger partial charge in [-0.1, -0.05) is 11.6 Å². The molecule has 17 heavy (non-hydrogen) atoms. The van der Waals surface area contributed by atoms with Gasteiger partial charge in [0.2, 0.25) is 9.05 Å². The third-order valence-corrected chi connectivity index (χ3v) is 3.42. The number of hydrogen-bond acceptors (Lipinski definition) is 4. The molecule has 94 valence electrons. The van der Waals surface area contributed by atoms with Gasteiger partial charge in [-0.25, -0.2) is 8.42 Å². The fraction of sp³-hybridized carbons (Fsp3) is 0.300. The molecule has 1 aromatic carbocycles. The molecule has 7 heteroatoms. The van der Waals surface area contributed by atoms with E-state index >= 15 is 0 Å². The van der Waals surface area contributed by atoms with Crippen molar-refractivity contribution in [1.29, 1.82) is 0 Å². The maximum Gasteiger partial charge on any atom is 0.233 e. The highest BCUT2D eigenvalue weighted by Crippen LogP contribution is 2.24. The maximum absolute atomic E-state index is 11.8. The Labute approximate surface area is 109 Å². The van der Waals surface area contributed by atoms with Gasteiger partial charge in [-0.15, -0.1) is 0 Å². The molecule has 0 heterocycles. The van der Waals surface area contributed by atoms with Crippen molar-refractivity contribution in [3.05, 3.63) is 28.8 Å². The average Bonchev–Trinajstić information content (AvgIpc) is 2.25. The van der Waals surface area contributed by atoms with Crippen LogP contribution in [0.2, 0.25) is 5.02 Å². The minimum atomic E-state index is -3.68. The fourth-order valence-electron chi connectivity index (χ4n) is 1.25. The molecule has 0 aliphatic heterocycles. The van der Waals surface area contributed by atoms with Gasteiger partial charge in [0.15, 0.2) is 5.78 Å². The second-order valence-corrected chi connectivity index (χ2v) is 6.59. The Morgan fingerprint density at radius 2 is 2.06 bits per heavy atom. The van der Waals surface area contributed by atoms with Gasteiger partial charge in [-0.2, -0.15) is 0 Å². The molecule has 0 spiro atoms. The molecule has 0 amide bonds. The summed E-state index contributed by atoms with van der Waals surface area (Å²) in [6, 6.07) is 4.56. The van der Waals surface area contributed by atoms with Crippen molar-refractivity contribution < 1.29 is 17.9 Å². The van der Waals surface area contributed by atoms with E-state index in [9.17, 15) is 13.2 Å². The molecule has 0 N–H and O–H groups in total. The molecule has 4 nitrogen and oxygen atoms in total. The van der Waals surface area contributed by atoms with Crippen LogP contribution < -0.4 is 4.74 Å². The summed E-state index contributed by atoms with van der Waals surface area (Å²) < 4.78 is 26.5. The smallest absolute Gasteiger partial charge is 0.233 e. The van der Waals surface area contributed by atoms with Gasteiger partial charge in [-0.3, -0.25) is 4.79 Å². The molecule has 0 saturated carbocycles. The molecule has 0 saturated heterocycles. The lowest BCUT2D eigenvalue weighted by Crippen LogP contribution is -2.08. The Hall–Kier alpha value is -0.780. The summed E-state index contributed by atoms with van der Waals surface area (Å²) in [4.78, 5) is 11.8. The number of methoxy groups -OCH3 is 1. The van der Waals surface area contributed by atoms with Gasteiger partial charge in [0.25, 0.3) is 0 Å². The van der Waals surface area contributed by atoms with Gasteiger partial charge in [-0.05, 0) is 18.2 Å². The predicted octanol–water partition coefficient (Wildman–Crippen LogP) is 2.49. The zero-order chi connectivity index (χ0) is 13.1. The number of hydrogen-bond donors (Lipinski definition) is 0. The van der Waals surface area contributed by atoms with Crippen molar-refractivity contribution in [1.82, 2.24) is 0 Å². The molecule has 1 rings (SSSR count). The van der Waals surface area contributed by atoms with Crippen LogP contribution >= 0.6 is 22.3 Å². The van der Waals surface area contributed by atoms with Crippen LogP contribution in [0.25, 0.3) is 0 Å². The van der Waals surface area contributed by atoms with Crippen LogP contribution in [0.5, 0.6) is 5.75 Å². The van der Waals surface area contributed by atoms with Gasteiger partial charge in [0.1, 0.15) is 5.75 Å². The van der Waals surface area contributed by atoms with Crippen LogP contribution in [0, 0.1) is 0 Å². The lowest BCUT2D eigenvalue weighted by atomic mass is 10.1. The summed E-state index contributed by atoms with van der Waals surface area (Å²) in [5, 5.41) is 0.378. The normalized spacial score (nSPS) is 11.2. The standard InChI is InChI=1S/C10H10Cl2O4S/c1-16-10-3-2-7(11)6-8(10)9(13)4-5-17(12,14)15/h2-3,6H,4-5H2,1H3. The lowest BCUT2D eigenvalue weighted by Gasteiger charge is -2.07. The van der Waals surface area contributed by atoms with Gasteiger partial charge in [0.05, 0.1) is 18.4 Å². The number of benzene rings is 1. The SMILES string of the molecule is COc1ccc(Cl)cc1C(=O)CCS(=O)(=O)Cl. The van der Waals surface area contributed by atoms with Crippen LogP contribution in [-0.4, -0.2) is 27.1 Å². The summed E-state index contributed by atoms with van der Waals surface area (Å²) in [6.07, 6.45) is -0.206. The Kier molecular flexibility index (Phi) is 4.80. The molecule has 0 bridgehead atoms. The number of ether oxygens (including phenoxy) is 1. The molecule has 1 aromatic rings. The summed E-state index contributed by atoms with van der Waals surface area (Å²) >= 11 is 5.76. The van der Waals surface area contributed by atoms with Gasteiger partial charge >= 0.3 is 0 Å². The van der Waals surface area contributed by atoms with Gasteiger partial charge in [0, 0.05) is 22.1 Å². The summed E-state index contributed by atoms with van der Waals surface area (Å²) in [5.74, 6) is -0.441. The van der Waals surface area contributed by atoms with Crippen molar-refractivity contribution in [2.75, 3.05) is 12.9 Å². The highest BCUT2D eigenvalue weighted by Gasteiger charge is 2.16. The van der Waals surface area contributed by atoms with Crippen molar-refractivity contribution in [3.8, 4) is 5.75 Å². The summed E-state index contributed by atoms with van der Waals surface area (Å²) in [5.41, 5.74) is 0.250. The molecule has 0 aliphatic rings. The monoisotopic (exact) mass is 296 g/mol. The Morgan fingerprint density at radius 1 is 1.41 bits per heavy atom. The quantitative estimate of drug-likeness (QED) is 0.619. The van der Waals surface area contributed by atoms with E-state index in [0.717, 1.165) is 0 Å². The van der Waals surface area contributed by atoms with Crippen molar-refractivity contribution in [2.24, 2.45) is 0 Å². The van der Waals surface area contributed by atoms with E-state index in [1.807, 2.05) is 0 Å². The van der Waals surface area contributed by atoms with Crippen LogP contribution in [0.3, 0.4) is 0 Å². The Morgan fingerprint density at radius 3 is 2.59 bits per heavy atom. The molecule has 0 atom stereocenters. The van der Waals surface area contributed by atoms with Crippen LogP contribution in [0.15, 0.2) is 18.2 Å². The number of ketones is 1. The zero-order valence-corrected chi connectivity index (χ0v) is 11.3. The minimum Gasteiger partial charge on any atom is -0.496 e. The lowest BCUT2D eigenvalue weighted by molar-refractivity contribution is 0.0986. The van der Waals surface area contributed by atoms with E-state index in [-0.39, 0.29) is 17.8 Å². The molecule has 0 unspecified atom stereocenters. The van der Waals surface area contributed by atoms with E-state index < -0.39 is 14.8 Å². The molecule has 0 radical (unpaired) electrons. The minimum absolute atomic E-state index is 0.206. The molecule has 0 aliphatic carbocycles. The zero-order valence-electron chi connectivity index (χ0n) is 8.94. The second-order valence-electron chi connectivity index (χ2n) is 3.26. The highest BCUT2D eigenvalue weighted by molar-refractivity contribution is 8.13. The first-order valence-corrected chi connectivity index (χ1v) is 7.48. The summed E-state index contributed by atoms with van der Waals surface area (Å²) in [6.45, 7) is 0. The van der Waals surface area contributed by atoms with Crippen LogP contribution in [0.4, 0.5) is 0 Å². The van der Waals surface area contributed by atoms with E-state index in [0.29, 0.717) is 10.8 Å². The van der Waals surface area contributed by atoms with Crippen LogP contribution in [-0.2, 0) is 9.05 Å². The summed E-state index contributed by atoms with van der Waals surface area (Å²) in [7, 11) is 2.77. The number of carbonyl (C=O) groups is 1. The third-order valence-electron chi connectivity index (χ3n) is 2.03. The van der Waals surface area contributed by atoms with Crippen molar-refractivity contribution in [2.45, 2.75) is 6.42 Å². The first-order valence-electron chi connectivity index (χ1n) is 4.62. The maximum atomic E-state index is 11.8. The van der Waals surface area contributed by atoms with E-state index in [1.54, 1.807) is 12.1 Å². The largest absolute Gasteiger partial charge is 0.496 e. The predicted molar refractivity (Wildman–Crippen MR) is 66.6 cm³/mol. The van der Waals surface area contributed by atoms with E-state index in [4.69, 9.17) is 27.0 Å². The molecular weight excluding hydrogens is 287 g/mol. The molecule has 0 aromatic heterocycles.